The van der Waals surface area contributed by atoms with Gasteiger partial charge >= 0.3 is 0 Å². The summed E-state index contributed by atoms with van der Waals surface area (Å²) in [5, 5.41) is 17.9. The summed E-state index contributed by atoms with van der Waals surface area (Å²) in [6.07, 6.45) is 4.18. The summed E-state index contributed by atoms with van der Waals surface area (Å²) in [6.45, 7) is 3.40. The number of nitrogens with zero attached hydrogens (tertiary/aromatic N) is 2. The van der Waals surface area contributed by atoms with Gasteiger partial charge < -0.3 is 29.3 Å². The van der Waals surface area contributed by atoms with Crippen LogP contribution in [0.3, 0.4) is 0 Å². The Balaban J connectivity index is 1.45. The molecule has 142 valence electrons. The number of aliphatic hydroxyl groups is 1. The predicted molar refractivity (Wildman–Crippen MR) is 93.3 cm³/mol. The maximum atomic E-state index is 10.3. The topological polar surface area (TPSA) is 80.0 Å². The third-order valence-corrected chi connectivity index (χ3v) is 5.24. The van der Waals surface area contributed by atoms with E-state index in [1.54, 1.807) is 7.11 Å². The van der Waals surface area contributed by atoms with Crippen molar-refractivity contribution in [3.63, 3.8) is 0 Å². The Morgan fingerprint density at radius 1 is 1.32 bits per heavy atom. The number of aliphatic hydroxyl groups excluding tert-OH is 1. The molecular weight excluding hydrogens is 322 g/mol. The maximum absolute atomic E-state index is 10.3. The summed E-state index contributed by atoms with van der Waals surface area (Å²) < 4.78 is 16.4. The molecule has 1 aromatic heterocycles. The molecule has 7 heteroatoms. The first-order valence-electron chi connectivity index (χ1n) is 9.33. The second kappa shape index (κ2) is 9.09. The fraction of sp³-hybridized carbons (Fsp3) is 0.833. The molecule has 3 heterocycles. The minimum atomic E-state index is -0.392. The lowest BCUT2D eigenvalue weighted by Gasteiger charge is -2.36. The van der Waals surface area contributed by atoms with E-state index in [1.165, 1.54) is 0 Å². The smallest absolute Gasteiger partial charge is 0.162 e. The van der Waals surface area contributed by atoms with Crippen molar-refractivity contribution < 1.29 is 19.1 Å². The number of piperidine rings is 1. The first-order valence-corrected chi connectivity index (χ1v) is 9.33. The maximum Gasteiger partial charge on any atom is 0.162 e. The highest BCUT2D eigenvalue weighted by Gasteiger charge is 2.31. The Kier molecular flexibility index (Phi) is 6.84. The Morgan fingerprint density at radius 2 is 2.12 bits per heavy atom. The lowest BCUT2D eigenvalue weighted by molar-refractivity contribution is -0.115. The Hall–Kier alpha value is -0.990. The van der Waals surface area contributed by atoms with Gasteiger partial charge in [0.1, 0.15) is 6.61 Å². The van der Waals surface area contributed by atoms with Gasteiger partial charge in [-0.1, -0.05) is 5.16 Å². The second-order valence-electron chi connectivity index (χ2n) is 7.35. The molecule has 0 saturated carbocycles. The highest BCUT2D eigenvalue weighted by molar-refractivity contribution is 5.06. The molecule has 0 amide bonds. The summed E-state index contributed by atoms with van der Waals surface area (Å²) in [4.78, 5) is 2.36. The summed E-state index contributed by atoms with van der Waals surface area (Å²) in [7, 11) is 3.80. The van der Waals surface area contributed by atoms with E-state index < -0.39 is 6.10 Å². The van der Waals surface area contributed by atoms with E-state index in [4.69, 9.17) is 14.0 Å². The van der Waals surface area contributed by atoms with E-state index in [1.807, 2.05) is 6.07 Å². The largest absolute Gasteiger partial charge is 0.390 e. The molecule has 2 N–H and O–H groups in total. The minimum Gasteiger partial charge on any atom is -0.390 e. The third kappa shape index (κ3) is 5.49. The van der Waals surface area contributed by atoms with Gasteiger partial charge in [0.2, 0.25) is 0 Å². The Bertz CT molecular complexity index is 516. The first-order chi connectivity index (χ1) is 12.1. The number of methoxy groups -OCH3 is 1. The number of hydrogen-bond acceptors (Lipinski definition) is 7. The summed E-state index contributed by atoms with van der Waals surface area (Å²) in [5.41, 5.74) is 0.885. The van der Waals surface area contributed by atoms with Crippen molar-refractivity contribution in [2.45, 2.75) is 63.1 Å². The van der Waals surface area contributed by atoms with Gasteiger partial charge in [-0.15, -0.1) is 0 Å². The predicted octanol–water partition coefficient (Wildman–Crippen LogP) is 0.956. The molecule has 2 saturated heterocycles. The SMILES string of the molecule is COCc1cc(C[C@@H]2CC[C@H](O)[C@@H](CNC3CCN(C)CC3)O2)no1. The van der Waals surface area contributed by atoms with Crippen molar-refractivity contribution in [1.29, 1.82) is 0 Å². The zero-order valence-electron chi connectivity index (χ0n) is 15.3. The highest BCUT2D eigenvalue weighted by Crippen LogP contribution is 2.23. The van der Waals surface area contributed by atoms with Crippen LogP contribution in [0.15, 0.2) is 10.6 Å². The zero-order chi connectivity index (χ0) is 17.6. The lowest BCUT2D eigenvalue weighted by Crippen LogP contribution is -2.49. The third-order valence-electron chi connectivity index (χ3n) is 5.24. The van der Waals surface area contributed by atoms with Crippen LogP contribution >= 0.6 is 0 Å². The van der Waals surface area contributed by atoms with Crippen LogP contribution in [0.25, 0.3) is 0 Å². The van der Waals surface area contributed by atoms with Crippen molar-refractivity contribution >= 4 is 0 Å². The summed E-state index contributed by atoms with van der Waals surface area (Å²) >= 11 is 0. The van der Waals surface area contributed by atoms with Crippen LogP contribution in [0.1, 0.15) is 37.1 Å². The fourth-order valence-electron chi connectivity index (χ4n) is 3.67. The van der Waals surface area contributed by atoms with Crippen LogP contribution in [0.5, 0.6) is 0 Å². The van der Waals surface area contributed by atoms with E-state index in [0.29, 0.717) is 25.6 Å². The summed E-state index contributed by atoms with van der Waals surface area (Å²) in [5.74, 6) is 0.730. The lowest BCUT2D eigenvalue weighted by atomic mass is 9.97. The van der Waals surface area contributed by atoms with Gasteiger partial charge in [0, 0.05) is 32.2 Å². The molecule has 0 radical (unpaired) electrons. The number of aromatic nitrogens is 1. The zero-order valence-corrected chi connectivity index (χ0v) is 15.3. The average Bonchev–Trinajstić information content (AvgIpc) is 3.04. The molecule has 0 spiro atoms. The van der Waals surface area contributed by atoms with E-state index in [2.05, 4.69) is 22.4 Å². The molecule has 0 unspecified atom stereocenters. The van der Waals surface area contributed by atoms with Crippen LogP contribution in [0.2, 0.25) is 0 Å². The van der Waals surface area contributed by atoms with Crippen LogP contribution in [0.4, 0.5) is 0 Å². The quantitative estimate of drug-likeness (QED) is 0.756. The van der Waals surface area contributed by atoms with Gasteiger partial charge in [0.15, 0.2) is 5.76 Å². The summed E-state index contributed by atoms with van der Waals surface area (Å²) in [6, 6.07) is 2.45. The van der Waals surface area contributed by atoms with Gasteiger partial charge in [0.25, 0.3) is 0 Å². The first kappa shape index (κ1) is 18.8. The van der Waals surface area contributed by atoms with Crippen molar-refractivity contribution in [1.82, 2.24) is 15.4 Å². The number of nitrogens with one attached hydrogen (secondary N) is 1. The van der Waals surface area contributed by atoms with Gasteiger partial charge in [-0.05, 0) is 45.8 Å². The van der Waals surface area contributed by atoms with Crippen LogP contribution < -0.4 is 5.32 Å². The standard InChI is InChI=1S/C18H31N3O4/c1-21-7-5-13(6-8-21)19-11-18-17(22)4-3-15(24-18)9-14-10-16(12-23-2)25-20-14/h10,13,15,17-19,22H,3-9,11-12H2,1-2H3/t15-,17-,18+/m0/s1. The Labute approximate surface area is 149 Å². The van der Waals surface area contributed by atoms with Crippen molar-refractivity contribution in [3.8, 4) is 0 Å². The molecule has 2 aliphatic heterocycles. The van der Waals surface area contributed by atoms with Crippen molar-refractivity contribution in [2.24, 2.45) is 0 Å². The number of rotatable bonds is 7. The van der Waals surface area contributed by atoms with Crippen LogP contribution in [-0.2, 0) is 22.5 Å². The van der Waals surface area contributed by atoms with Crippen LogP contribution in [0, 0.1) is 0 Å². The molecule has 0 aromatic carbocycles. The highest BCUT2D eigenvalue weighted by atomic mass is 16.5. The van der Waals surface area contributed by atoms with Gasteiger partial charge in [-0.3, -0.25) is 0 Å². The molecule has 0 aliphatic carbocycles. The van der Waals surface area contributed by atoms with E-state index in [-0.39, 0.29) is 12.2 Å². The number of likely N-dealkylation sites (tertiary alicyclic amines) is 1. The van der Waals surface area contributed by atoms with E-state index >= 15 is 0 Å². The molecule has 25 heavy (non-hydrogen) atoms. The number of ether oxygens (including phenoxy) is 2. The van der Waals surface area contributed by atoms with Gasteiger partial charge in [0.05, 0.1) is 24.0 Å². The molecule has 0 bridgehead atoms. The van der Waals surface area contributed by atoms with Gasteiger partial charge in [-0.25, -0.2) is 0 Å². The van der Waals surface area contributed by atoms with Gasteiger partial charge in [-0.2, -0.15) is 0 Å². The second-order valence-corrected chi connectivity index (χ2v) is 7.35. The molecule has 1 aromatic rings. The minimum absolute atomic E-state index is 0.0770. The molecular formula is C18H31N3O4. The molecule has 2 fully saturated rings. The Morgan fingerprint density at radius 3 is 2.88 bits per heavy atom. The van der Waals surface area contributed by atoms with Crippen LogP contribution in [-0.4, -0.2) is 73.3 Å². The van der Waals surface area contributed by atoms with Crippen molar-refractivity contribution in [2.75, 3.05) is 33.8 Å². The monoisotopic (exact) mass is 353 g/mol. The van der Waals surface area contributed by atoms with E-state index in [0.717, 1.165) is 50.2 Å². The fourth-order valence-corrected chi connectivity index (χ4v) is 3.67. The molecule has 3 rings (SSSR count). The number of hydrogen-bond donors (Lipinski definition) is 2. The molecule has 7 nitrogen and oxygen atoms in total. The average molecular weight is 353 g/mol. The normalized spacial score (nSPS) is 29.2. The molecule has 3 atom stereocenters. The van der Waals surface area contributed by atoms with E-state index in [9.17, 15) is 5.11 Å². The molecule has 2 aliphatic rings. The van der Waals surface area contributed by atoms with Crippen molar-refractivity contribution in [3.05, 3.63) is 17.5 Å².